The van der Waals surface area contributed by atoms with E-state index >= 15 is 0 Å². The van der Waals surface area contributed by atoms with Crippen LogP contribution in [0.2, 0.25) is 0 Å². The Morgan fingerprint density at radius 2 is 1.90 bits per heavy atom. The topological polar surface area (TPSA) is 90.0 Å². The average molecular weight is 429 g/mol. The standard InChI is InChI=1S/C21H23N3O5S/c1-3-27-21(26)29-14-8-13-28-19-15-9-4-5-10-16(15)30-24(2)18(19)20(25)23-17-11-6-7-12-22-17/h4-7,9-12H,3,8,13-14H2,1-2H3,(H,22,23,25). The molecule has 0 radical (unpaired) electrons. The minimum absolute atomic E-state index is 0.161. The first-order chi connectivity index (χ1) is 14.6. The van der Waals surface area contributed by atoms with Crippen LogP contribution in [0.4, 0.5) is 10.6 Å². The summed E-state index contributed by atoms with van der Waals surface area (Å²) in [6.45, 7) is 2.40. The van der Waals surface area contributed by atoms with Crippen LogP contribution in [-0.4, -0.2) is 48.2 Å². The lowest BCUT2D eigenvalue weighted by Gasteiger charge is -2.29. The maximum Gasteiger partial charge on any atom is 0.508 e. The second kappa shape index (κ2) is 10.5. The van der Waals surface area contributed by atoms with Gasteiger partial charge < -0.3 is 23.8 Å². The number of likely N-dealkylation sites (N-methyl/N-ethyl adjacent to an activating group) is 1. The average Bonchev–Trinajstić information content (AvgIpc) is 2.74. The van der Waals surface area contributed by atoms with E-state index in [9.17, 15) is 9.59 Å². The fourth-order valence-corrected chi connectivity index (χ4v) is 3.70. The van der Waals surface area contributed by atoms with Crippen molar-refractivity contribution in [3.63, 3.8) is 0 Å². The number of carbonyl (C=O) groups excluding carboxylic acids is 2. The van der Waals surface area contributed by atoms with Crippen molar-refractivity contribution in [1.29, 1.82) is 0 Å². The minimum atomic E-state index is -0.703. The molecule has 158 valence electrons. The summed E-state index contributed by atoms with van der Waals surface area (Å²) >= 11 is 1.44. The molecule has 1 aliphatic heterocycles. The first-order valence-corrected chi connectivity index (χ1v) is 10.3. The van der Waals surface area contributed by atoms with E-state index in [-0.39, 0.29) is 25.7 Å². The lowest BCUT2D eigenvalue weighted by atomic mass is 10.1. The number of hydrogen-bond donors (Lipinski definition) is 1. The third kappa shape index (κ3) is 5.44. The number of pyridine rings is 1. The number of carbonyl (C=O) groups is 2. The van der Waals surface area contributed by atoms with Gasteiger partial charge >= 0.3 is 6.16 Å². The lowest BCUT2D eigenvalue weighted by molar-refractivity contribution is -0.113. The molecule has 3 rings (SSSR count). The second-order valence-corrected chi connectivity index (χ2v) is 7.34. The van der Waals surface area contributed by atoms with Gasteiger partial charge in [0.25, 0.3) is 5.91 Å². The highest BCUT2D eigenvalue weighted by molar-refractivity contribution is 7.97. The second-order valence-electron chi connectivity index (χ2n) is 6.17. The van der Waals surface area contributed by atoms with Crippen molar-refractivity contribution in [3.8, 4) is 0 Å². The van der Waals surface area contributed by atoms with Crippen LogP contribution in [0, 0.1) is 0 Å². The Kier molecular flexibility index (Phi) is 7.56. The van der Waals surface area contributed by atoms with Crippen molar-refractivity contribution in [1.82, 2.24) is 9.29 Å². The van der Waals surface area contributed by atoms with Crippen molar-refractivity contribution in [3.05, 3.63) is 59.9 Å². The third-order valence-corrected chi connectivity index (χ3v) is 5.04. The molecule has 30 heavy (non-hydrogen) atoms. The molecule has 8 nitrogen and oxygen atoms in total. The quantitative estimate of drug-likeness (QED) is 0.384. The summed E-state index contributed by atoms with van der Waals surface area (Å²) in [6.07, 6.45) is 1.36. The molecule has 0 saturated carbocycles. The molecule has 1 aromatic carbocycles. The maximum atomic E-state index is 13.0. The zero-order valence-electron chi connectivity index (χ0n) is 16.8. The smallest absolute Gasteiger partial charge is 0.490 e. The molecular formula is C21H23N3O5S. The largest absolute Gasteiger partial charge is 0.508 e. The van der Waals surface area contributed by atoms with Gasteiger partial charge in [-0.15, -0.1) is 0 Å². The van der Waals surface area contributed by atoms with Crippen LogP contribution in [0.25, 0.3) is 5.76 Å². The van der Waals surface area contributed by atoms with Gasteiger partial charge in [-0.1, -0.05) is 18.2 Å². The minimum Gasteiger partial charge on any atom is -0.490 e. The van der Waals surface area contributed by atoms with Crippen molar-refractivity contribution in [2.24, 2.45) is 0 Å². The van der Waals surface area contributed by atoms with Crippen molar-refractivity contribution in [2.75, 3.05) is 32.2 Å². The molecule has 1 aromatic heterocycles. The molecule has 1 N–H and O–H groups in total. The van der Waals surface area contributed by atoms with E-state index in [4.69, 9.17) is 14.2 Å². The molecule has 0 aliphatic carbocycles. The van der Waals surface area contributed by atoms with Crippen LogP contribution in [0.3, 0.4) is 0 Å². The van der Waals surface area contributed by atoms with Gasteiger partial charge in [-0.3, -0.25) is 4.79 Å². The summed E-state index contributed by atoms with van der Waals surface area (Å²) in [5, 5.41) is 2.80. The van der Waals surface area contributed by atoms with Gasteiger partial charge in [0.2, 0.25) is 0 Å². The molecule has 0 saturated heterocycles. The van der Waals surface area contributed by atoms with Gasteiger partial charge in [-0.25, -0.2) is 9.78 Å². The Morgan fingerprint density at radius 3 is 2.67 bits per heavy atom. The molecule has 2 heterocycles. The number of nitrogens with one attached hydrogen (secondary N) is 1. The zero-order valence-corrected chi connectivity index (χ0v) is 17.6. The zero-order chi connectivity index (χ0) is 21.3. The molecule has 2 aromatic rings. The Labute approximate surface area is 179 Å². The third-order valence-electron chi connectivity index (χ3n) is 4.04. The number of fused-ring (bicyclic) bond motifs is 1. The van der Waals surface area contributed by atoms with Crippen LogP contribution in [0.15, 0.2) is 59.3 Å². The van der Waals surface area contributed by atoms with E-state index in [1.54, 1.807) is 42.7 Å². The Morgan fingerprint density at radius 1 is 1.10 bits per heavy atom. The summed E-state index contributed by atoms with van der Waals surface area (Å²) in [5.74, 6) is 0.599. The highest BCUT2D eigenvalue weighted by atomic mass is 32.2. The van der Waals surface area contributed by atoms with Crippen LogP contribution >= 0.6 is 11.9 Å². The fourth-order valence-electron chi connectivity index (χ4n) is 2.75. The number of amides is 1. The SMILES string of the molecule is CCOC(=O)OCCCOC1=C(C(=O)Nc2ccccn2)N(C)Sc2ccccc21. The normalized spacial score (nSPS) is 12.8. The van der Waals surface area contributed by atoms with Crippen LogP contribution in [-0.2, 0) is 19.0 Å². The van der Waals surface area contributed by atoms with Crippen LogP contribution in [0.1, 0.15) is 18.9 Å². The number of rotatable bonds is 8. The summed E-state index contributed by atoms with van der Waals surface area (Å²) < 4.78 is 17.5. The van der Waals surface area contributed by atoms with E-state index in [0.717, 1.165) is 10.5 Å². The summed E-state index contributed by atoms with van der Waals surface area (Å²) in [4.78, 5) is 29.4. The number of hydrogen-bond acceptors (Lipinski definition) is 8. The summed E-state index contributed by atoms with van der Waals surface area (Å²) in [6, 6.07) is 13.0. The monoisotopic (exact) mass is 429 g/mol. The predicted molar refractivity (Wildman–Crippen MR) is 113 cm³/mol. The molecule has 0 spiro atoms. The number of ether oxygens (including phenoxy) is 3. The summed E-state index contributed by atoms with van der Waals surface area (Å²) in [5.41, 5.74) is 1.22. The highest BCUT2D eigenvalue weighted by Gasteiger charge is 2.30. The van der Waals surface area contributed by atoms with E-state index in [1.165, 1.54) is 11.9 Å². The van der Waals surface area contributed by atoms with Gasteiger partial charge in [0.15, 0.2) is 11.5 Å². The first-order valence-electron chi connectivity index (χ1n) is 9.50. The number of benzene rings is 1. The predicted octanol–water partition coefficient (Wildman–Crippen LogP) is 3.92. The molecular weight excluding hydrogens is 406 g/mol. The molecule has 1 amide bonds. The van der Waals surface area contributed by atoms with Gasteiger partial charge in [-0.2, -0.15) is 0 Å². The lowest BCUT2D eigenvalue weighted by Crippen LogP contribution is -2.28. The van der Waals surface area contributed by atoms with Crippen molar-refractivity contribution in [2.45, 2.75) is 18.2 Å². The summed E-state index contributed by atoms with van der Waals surface area (Å²) in [7, 11) is 1.81. The number of aromatic nitrogens is 1. The first kappa shape index (κ1) is 21.5. The van der Waals surface area contributed by atoms with Gasteiger partial charge in [0, 0.05) is 30.1 Å². The van der Waals surface area contributed by atoms with Gasteiger partial charge in [-0.05, 0) is 43.1 Å². The van der Waals surface area contributed by atoms with E-state index in [1.807, 2.05) is 24.3 Å². The fraction of sp³-hybridized carbons (Fsp3) is 0.286. The highest BCUT2D eigenvalue weighted by Crippen LogP contribution is 2.40. The Balaban J connectivity index is 1.76. The Bertz CT molecular complexity index is 920. The molecule has 0 unspecified atom stereocenters. The van der Waals surface area contributed by atoms with E-state index < -0.39 is 6.16 Å². The van der Waals surface area contributed by atoms with Gasteiger partial charge in [0.05, 0.1) is 19.8 Å². The molecule has 1 aliphatic rings. The van der Waals surface area contributed by atoms with E-state index in [0.29, 0.717) is 23.7 Å². The Hall–Kier alpha value is -3.20. The maximum absolute atomic E-state index is 13.0. The van der Waals surface area contributed by atoms with Gasteiger partial charge in [0.1, 0.15) is 5.82 Å². The van der Waals surface area contributed by atoms with Crippen molar-refractivity contribution >= 4 is 35.6 Å². The van der Waals surface area contributed by atoms with Crippen LogP contribution in [0.5, 0.6) is 0 Å². The van der Waals surface area contributed by atoms with Crippen molar-refractivity contribution < 1.29 is 23.8 Å². The number of nitrogens with zero attached hydrogens (tertiary/aromatic N) is 2. The van der Waals surface area contributed by atoms with E-state index in [2.05, 4.69) is 10.3 Å². The van der Waals surface area contributed by atoms with Crippen LogP contribution < -0.4 is 5.32 Å². The molecule has 9 heteroatoms. The molecule has 0 atom stereocenters. The molecule has 0 bridgehead atoms. The molecule has 0 fully saturated rings. The number of anilines is 1.